The van der Waals surface area contributed by atoms with Gasteiger partial charge in [0.1, 0.15) is 0 Å². The molecule has 1 aliphatic rings. The average Bonchev–Trinajstić information content (AvgIpc) is 2.96. The number of hydrogen-bond acceptors (Lipinski definition) is 3. The van der Waals surface area contributed by atoms with E-state index in [1.165, 1.54) is 6.20 Å². The molecule has 98 valence electrons. The van der Waals surface area contributed by atoms with Crippen LogP contribution in [0.25, 0.3) is 0 Å². The second kappa shape index (κ2) is 5.20. The Morgan fingerprint density at radius 3 is 2.78 bits per heavy atom. The maximum absolute atomic E-state index is 12.1. The first-order valence-corrected chi connectivity index (χ1v) is 6.14. The molecule has 0 aliphatic heterocycles. The van der Waals surface area contributed by atoms with E-state index in [0.717, 1.165) is 6.42 Å². The molecule has 1 saturated carbocycles. The number of aromatic nitrogens is 2. The highest BCUT2D eigenvalue weighted by Crippen LogP contribution is 2.38. The molecule has 3 atom stereocenters. The zero-order valence-corrected chi connectivity index (χ0v) is 10.2. The summed E-state index contributed by atoms with van der Waals surface area (Å²) in [5.41, 5.74) is 0.573. The van der Waals surface area contributed by atoms with Crippen molar-refractivity contribution < 1.29 is 14.7 Å². The summed E-state index contributed by atoms with van der Waals surface area (Å²) < 4.78 is 0. The molecule has 1 aromatic rings. The first kappa shape index (κ1) is 12.6. The summed E-state index contributed by atoms with van der Waals surface area (Å²) in [7, 11) is 0. The van der Waals surface area contributed by atoms with E-state index in [1.54, 1.807) is 6.20 Å². The van der Waals surface area contributed by atoms with Crippen molar-refractivity contribution in [3.05, 3.63) is 12.4 Å². The van der Waals surface area contributed by atoms with Crippen molar-refractivity contribution in [3.8, 4) is 0 Å². The van der Waals surface area contributed by atoms with Crippen molar-refractivity contribution in [1.29, 1.82) is 0 Å². The molecular weight excluding hydrogens is 234 g/mol. The Bertz CT molecular complexity index is 430. The third-order valence-corrected chi connectivity index (χ3v) is 3.66. The number of rotatable bonds is 4. The number of carboxylic acids is 1. The summed E-state index contributed by atoms with van der Waals surface area (Å²) in [6.45, 7) is 2.03. The summed E-state index contributed by atoms with van der Waals surface area (Å²) in [5.74, 6) is -1.78. The van der Waals surface area contributed by atoms with E-state index in [-0.39, 0.29) is 5.91 Å². The standard InChI is InChI=1S/C12H17N3O3/c1-2-7-3-9(10(4-7)12(17)18)11(16)15-8-5-13-14-6-8/h5-7,9-10H,2-4H2,1H3,(H,13,14)(H,15,16)(H,17,18)/t7?,9-,10+/m0/s1. The molecule has 0 bridgehead atoms. The minimum Gasteiger partial charge on any atom is -0.481 e. The van der Waals surface area contributed by atoms with E-state index in [1.807, 2.05) is 6.92 Å². The molecule has 1 aliphatic carbocycles. The van der Waals surface area contributed by atoms with Crippen LogP contribution in [-0.2, 0) is 9.59 Å². The number of nitrogens with zero attached hydrogens (tertiary/aromatic N) is 1. The number of amides is 1. The minimum atomic E-state index is -0.877. The Labute approximate surface area is 105 Å². The van der Waals surface area contributed by atoms with Gasteiger partial charge in [0.25, 0.3) is 0 Å². The molecule has 18 heavy (non-hydrogen) atoms. The molecule has 1 unspecified atom stereocenters. The van der Waals surface area contributed by atoms with Crippen molar-refractivity contribution in [2.45, 2.75) is 26.2 Å². The van der Waals surface area contributed by atoms with Crippen molar-refractivity contribution in [1.82, 2.24) is 10.2 Å². The van der Waals surface area contributed by atoms with Gasteiger partial charge in [-0.15, -0.1) is 0 Å². The largest absolute Gasteiger partial charge is 0.481 e. The van der Waals surface area contributed by atoms with Gasteiger partial charge in [-0.2, -0.15) is 5.10 Å². The first-order chi connectivity index (χ1) is 8.61. The van der Waals surface area contributed by atoms with E-state index in [4.69, 9.17) is 0 Å². The minimum absolute atomic E-state index is 0.222. The number of hydrogen-bond donors (Lipinski definition) is 3. The van der Waals surface area contributed by atoms with E-state index in [9.17, 15) is 14.7 Å². The maximum Gasteiger partial charge on any atom is 0.307 e. The molecule has 0 spiro atoms. The predicted octanol–water partition coefficient (Wildman–Crippen LogP) is 1.49. The van der Waals surface area contributed by atoms with Gasteiger partial charge >= 0.3 is 5.97 Å². The van der Waals surface area contributed by atoms with E-state index in [0.29, 0.717) is 24.4 Å². The summed E-state index contributed by atoms with van der Waals surface area (Å²) in [6.07, 6.45) is 5.23. The summed E-state index contributed by atoms with van der Waals surface area (Å²) in [4.78, 5) is 23.3. The molecule has 1 heterocycles. The smallest absolute Gasteiger partial charge is 0.307 e. The molecule has 1 fully saturated rings. The maximum atomic E-state index is 12.1. The molecule has 0 saturated heterocycles. The summed E-state index contributed by atoms with van der Waals surface area (Å²) in [5, 5.41) is 18.2. The van der Waals surface area contributed by atoms with E-state index in [2.05, 4.69) is 15.5 Å². The molecule has 2 rings (SSSR count). The first-order valence-electron chi connectivity index (χ1n) is 6.14. The number of carbonyl (C=O) groups is 2. The van der Waals surface area contributed by atoms with Gasteiger partial charge in [0.2, 0.25) is 5.91 Å². The monoisotopic (exact) mass is 251 g/mol. The average molecular weight is 251 g/mol. The lowest BCUT2D eigenvalue weighted by Crippen LogP contribution is -2.29. The van der Waals surface area contributed by atoms with Crippen molar-refractivity contribution >= 4 is 17.6 Å². The highest BCUT2D eigenvalue weighted by Gasteiger charge is 2.42. The van der Waals surface area contributed by atoms with Crippen LogP contribution in [0.2, 0.25) is 0 Å². The lowest BCUT2D eigenvalue weighted by atomic mass is 9.95. The van der Waals surface area contributed by atoms with Crippen molar-refractivity contribution in [2.75, 3.05) is 5.32 Å². The van der Waals surface area contributed by atoms with Crippen LogP contribution in [0.4, 0.5) is 5.69 Å². The lowest BCUT2D eigenvalue weighted by Gasteiger charge is -2.14. The number of aliphatic carboxylic acids is 1. The topological polar surface area (TPSA) is 95.1 Å². The Kier molecular flexibility index (Phi) is 3.64. The molecule has 0 radical (unpaired) electrons. The fraction of sp³-hybridized carbons (Fsp3) is 0.583. The Hall–Kier alpha value is -1.85. The van der Waals surface area contributed by atoms with E-state index < -0.39 is 17.8 Å². The number of nitrogens with one attached hydrogen (secondary N) is 2. The molecule has 1 amide bonds. The van der Waals surface area contributed by atoms with Crippen LogP contribution in [0.1, 0.15) is 26.2 Å². The molecule has 3 N–H and O–H groups in total. The Morgan fingerprint density at radius 1 is 1.50 bits per heavy atom. The van der Waals surface area contributed by atoms with Crippen LogP contribution in [-0.4, -0.2) is 27.2 Å². The molecule has 1 aromatic heterocycles. The number of carbonyl (C=O) groups excluding carboxylic acids is 1. The molecule has 0 aromatic carbocycles. The number of aromatic amines is 1. The van der Waals surface area contributed by atoms with Gasteiger partial charge in [0.05, 0.1) is 23.7 Å². The fourth-order valence-electron chi connectivity index (χ4n) is 2.59. The third kappa shape index (κ3) is 2.52. The lowest BCUT2D eigenvalue weighted by molar-refractivity contribution is -0.145. The van der Waals surface area contributed by atoms with Crippen molar-refractivity contribution in [2.24, 2.45) is 17.8 Å². The van der Waals surface area contributed by atoms with Crippen molar-refractivity contribution in [3.63, 3.8) is 0 Å². The van der Waals surface area contributed by atoms with Crippen LogP contribution in [0, 0.1) is 17.8 Å². The number of H-pyrrole nitrogens is 1. The van der Waals surface area contributed by atoms with E-state index >= 15 is 0 Å². The van der Waals surface area contributed by atoms with Gasteiger partial charge in [-0.25, -0.2) is 0 Å². The third-order valence-electron chi connectivity index (χ3n) is 3.66. The highest BCUT2D eigenvalue weighted by molar-refractivity contribution is 5.95. The van der Waals surface area contributed by atoms with Gasteiger partial charge < -0.3 is 10.4 Å². The fourth-order valence-corrected chi connectivity index (χ4v) is 2.59. The van der Waals surface area contributed by atoms with Gasteiger partial charge in [0, 0.05) is 6.20 Å². The van der Waals surface area contributed by atoms with Gasteiger partial charge in [-0.3, -0.25) is 14.7 Å². The second-order valence-electron chi connectivity index (χ2n) is 4.77. The zero-order chi connectivity index (χ0) is 13.1. The number of anilines is 1. The Balaban J connectivity index is 2.05. The predicted molar refractivity (Wildman–Crippen MR) is 64.8 cm³/mol. The van der Waals surface area contributed by atoms with Gasteiger partial charge in [-0.05, 0) is 18.8 Å². The summed E-state index contributed by atoms with van der Waals surface area (Å²) >= 11 is 0. The molecule has 6 nitrogen and oxygen atoms in total. The van der Waals surface area contributed by atoms with Gasteiger partial charge in [0.15, 0.2) is 0 Å². The van der Waals surface area contributed by atoms with Crippen LogP contribution in [0.5, 0.6) is 0 Å². The van der Waals surface area contributed by atoms with Crippen LogP contribution in [0.15, 0.2) is 12.4 Å². The quantitative estimate of drug-likeness (QED) is 0.755. The van der Waals surface area contributed by atoms with Crippen LogP contribution in [0.3, 0.4) is 0 Å². The highest BCUT2D eigenvalue weighted by atomic mass is 16.4. The summed E-state index contributed by atoms with van der Waals surface area (Å²) in [6, 6.07) is 0. The zero-order valence-electron chi connectivity index (χ0n) is 10.2. The SMILES string of the molecule is CCC1C[C@H](C(=O)Nc2cn[nH]c2)[C@H](C(=O)O)C1. The Morgan fingerprint density at radius 2 is 2.22 bits per heavy atom. The van der Waals surface area contributed by atoms with Crippen LogP contribution >= 0.6 is 0 Å². The normalized spacial score (nSPS) is 27.1. The van der Waals surface area contributed by atoms with Crippen LogP contribution < -0.4 is 5.32 Å². The molecule has 6 heteroatoms. The second-order valence-corrected chi connectivity index (χ2v) is 4.77. The number of carboxylic acid groups (broad SMARTS) is 1. The molecular formula is C12H17N3O3. The van der Waals surface area contributed by atoms with Gasteiger partial charge in [-0.1, -0.05) is 13.3 Å².